The van der Waals surface area contributed by atoms with Gasteiger partial charge < -0.3 is 20.7 Å². The molecule has 2 amide bonds. The van der Waals surface area contributed by atoms with Crippen molar-refractivity contribution in [2.75, 3.05) is 6.54 Å². The summed E-state index contributed by atoms with van der Waals surface area (Å²) in [6, 6.07) is -1.44. The smallest absolute Gasteiger partial charge is 0.326 e. The van der Waals surface area contributed by atoms with Gasteiger partial charge in [0.2, 0.25) is 0 Å². The second kappa shape index (κ2) is 6.51. The first kappa shape index (κ1) is 13.0. The minimum atomic E-state index is -1.08. The summed E-state index contributed by atoms with van der Waals surface area (Å²) in [5.74, 6) is -1.08. The van der Waals surface area contributed by atoms with Gasteiger partial charge in [-0.3, -0.25) is 0 Å². The molecule has 0 aliphatic rings. The Labute approximate surface area is 98.6 Å². The maximum absolute atomic E-state index is 11.3. The molecule has 94 valence electrons. The lowest BCUT2D eigenvalue weighted by Gasteiger charge is -2.14. The van der Waals surface area contributed by atoms with Gasteiger partial charge in [0.1, 0.15) is 6.04 Å². The first-order valence-corrected chi connectivity index (χ1v) is 5.38. The van der Waals surface area contributed by atoms with Crippen LogP contribution >= 0.6 is 0 Å². The van der Waals surface area contributed by atoms with Gasteiger partial charge in [0.25, 0.3) is 0 Å². The van der Waals surface area contributed by atoms with Gasteiger partial charge >= 0.3 is 12.0 Å². The Morgan fingerprint density at radius 2 is 2.35 bits per heavy atom. The van der Waals surface area contributed by atoms with E-state index in [0.29, 0.717) is 12.2 Å². The number of carboxylic acid groups (broad SMARTS) is 1. The number of aromatic amines is 1. The van der Waals surface area contributed by atoms with Gasteiger partial charge in [0.05, 0.1) is 6.33 Å². The number of nitrogens with zero attached hydrogens (tertiary/aromatic N) is 1. The standard InChI is InChI=1S/C10H16N4O3/c1-2-3-12-10(17)14-8(9(15)16)4-7-5-11-6-13-7/h5-6,8H,2-4H2,1H3,(H,11,13)(H,15,16)(H2,12,14,17)/t8-/m1/s1. The van der Waals surface area contributed by atoms with Crippen LogP contribution in [0.2, 0.25) is 0 Å². The van der Waals surface area contributed by atoms with Gasteiger partial charge in [0, 0.05) is 24.9 Å². The topological polar surface area (TPSA) is 107 Å². The van der Waals surface area contributed by atoms with E-state index in [4.69, 9.17) is 5.11 Å². The Balaban J connectivity index is 2.49. The van der Waals surface area contributed by atoms with Crippen LogP contribution in [0, 0.1) is 0 Å². The quantitative estimate of drug-likeness (QED) is 0.566. The first-order valence-electron chi connectivity index (χ1n) is 5.38. The number of rotatable bonds is 6. The van der Waals surface area contributed by atoms with Crippen molar-refractivity contribution in [1.29, 1.82) is 0 Å². The first-order chi connectivity index (χ1) is 8.13. The highest BCUT2D eigenvalue weighted by atomic mass is 16.4. The van der Waals surface area contributed by atoms with E-state index < -0.39 is 18.0 Å². The summed E-state index contributed by atoms with van der Waals surface area (Å²) in [7, 11) is 0. The summed E-state index contributed by atoms with van der Waals surface area (Å²) < 4.78 is 0. The van der Waals surface area contributed by atoms with E-state index in [0.717, 1.165) is 6.42 Å². The highest BCUT2D eigenvalue weighted by molar-refractivity contribution is 5.82. The molecule has 1 rings (SSSR count). The second-order valence-electron chi connectivity index (χ2n) is 3.57. The van der Waals surface area contributed by atoms with Crippen LogP contribution in [0.4, 0.5) is 4.79 Å². The molecule has 17 heavy (non-hydrogen) atoms. The average Bonchev–Trinajstić information content (AvgIpc) is 2.78. The number of H-pyrrole nitrogens is 1. The fourth-order valence-corrected chi connectivity index (χ4v) is 1.26. The lowest BCUT2D eigenvalue weighted by Crippen LogP contribution is -2.47. The molecular formula is C10H16N4O3. The van der Waals surface area contributed by atoms with Crippen LogP contribution in [-0.4, -0.2) is 39.7 Å². The van der Waals surface area contributed by atoms with E-state index in [1.807, 2.05) is 6.92 Å². The van der Waals surface area contributed by atoms with Crippen LogP contribution < -0.4 is 10.6 Å². The Morgan fingerprint density at radius 1 is 1.59 bits per heavy atom. The van der Waals surface area contributed by atoms with Gasteiger partial charge in [-0.2, -0.15) is 0 Å². The SMILES string of the molecule is CCCNC(=O)N[C@H](Cc1cnc[nH]1)C(=O)O. The molecule has 0 fully saturated rings. The fraction of sp³-hybridized carbons (Fsp3) is 0.500. The van der Waals surface area contributed by atoms with Crippen molar-refractivity contribution in [2.24, 2.45) is 0 Å². The summed E-state index contributed by atoms with van der Waals surface area (Å²) in [4.78, 5) is 28.9. The second-order valence-corrected chi connectivity index (χ2v) is 3.57. The Morgan fingerprint density at radius 3 is 2.88 bits per heavy atom. The number of aromatic nitrogens is 2. The van der Waals surface area contributed by atoms with Crippen molar-refractivity contribution in [1.82, 2.24) is 20.6 Å². The van der Waals surface area contributed by atoms with Gasteiger partial charge in [-0.25, -0.2) is 14.6 Å². The van der Waals surface area contributed by atoms with Crippen molar-refractivity contribution < 1.29 is 14.7 Å². The van der Waals surface area contributed by atoms with E-state index in [2.05, 4.69) is 20.6 Å². The number of carboxylic acids is 1. The van der Waals surface area contributed by atoms with E-state index in [1.54, 1.807) is 0 Å². The van der Waals surface area contributed by atoms with Crippen LogP contribution in [-0.2, 0) is 11.2 Å². The van der Waals surface area contributed by atoms with Crippen LogP contribution in [0.15, 0.2) is 12.5 Å². The highest BCUT2D eigenvalue weighted by Crippen LogP contribution is 1.98. The van der Waals surface area contributed by atoms with Crippen molar-refractivity contribution in [2.45, 2.75) is 25.8 Å². The molecule has 0 saturated carbocycles. The molecule has 0 aromatic carbocycles. The van der Waals surface area contributed by atoms with Crippen molar-refractivity contribution in [3.8, 4) is 0 Å². The summed E-state index contributed by atoms with van der Waals surface area (Å²) in [5, 5.41) is 13.9. The summed E-state index contributed by atoms with van der Waals surface area (Å²) in [5.41, 5.74) is 0.660. The number of aliphatic carboxylic acids is 1. The van der Waals surface area contributed by atoms with Gasteiger partial charge in [-0.1, -0.05) is 6.92 Å². The fourth-order valence-electron chi connectivity index (χ4n) is 1.26. The molecule has 0 radical (unpaired) electrons. The zero-order chi connectivity index (χ0) is 12.7. The van der Waals surface area contributed by atoms with Gasteiger partial charge in [-0.05, 0) is 6.42 Å². The molecule has 1 aromatic heterocycles. The zero-order valence-electron chi connectivity index (χ0n) is 9.56. The van der Waals surface area contributed by atoms with Crippen LogP contribution in [0.1, 0.15) is 19.0 Å². The van der Waals surface area contributed by atoms with E-state index >= 15 is 0 Å². The molecule has 0 spiro atoms. The van der Waals surface area contributed by atoms with Crippen LogP contribution in [0.25, 0.3) is 0 Å². The van der Waals surface area contributed by atoms with Crippen LogP contribution in [0.5, 0.6) is 0 Å². The predicted octanol–water partition coefficient (Wildman–Crippen LogP) is 0.115. The summed E-state index contributed by atoms with van der Waals surface area (Å²) in [6.07, 6.45) is 3.97. The predicted molar refractivity (Wildman–Crippen MR) is 60.5 cm³/mol. The maximum atomic E-state index is 11.3. The largest absolute Gasteiger partial charge is 0.480 e. The number of urea groups is 1. The summed E-state index contributed by atoms with van der Waals surface area (Å²) >= 11 is 0. The molecule has 0 aliphatic carbocycles. The molecule has 7 heteroatoms. The van der Waals surface area contributed by atoms with E-state index in [-0.39, 0.29) is 6.42 Å². The van der Waals surface area contributed by atoms with E-state index in [9.17, 15) is 9.59 Å². The van der Waals surface area contributed by atoms with Gasteiger partial charge in [-0.15, -0.1) is 0 Å². The van der Waals surface area contributed by atoms with Crippen molar-refractivity contribution >= 4 is 12.0 Å². The number of carbonyl (C=O) groups is 2. The number of imidazole rings is 1. The molecule has 0 unspecified atom stereocenters. The number of hydrogen-bond acceptors (Lipinski definition) is 3. The number of amides is 2. The molecule has 1 heterocycles. The van der Waals surface area contributed by atoms with E-state index in [1.165, 1.54) is 12.5 Å². The molecule has 1 aromatic rings. The molecule has 0 saturated heterocycles. The average molecular weight is 240 g/mol. The molecule has 0 aliphatic heterocycles. The monoisotopic (exact) mass is 240 g/mol. The minimum absolute atomic E-state index is 0.175. The lowest BCUT2D eigenvalue weighted by atomic mass is 10.2. The highest BCUT2D eigenvalue weighted by Gasteiger charge is 2.20. The summed E-state index contributed by atoms with van der Waals surface area (Å²) in [6.45, 7) is 2.43. The maximum Gasteiger partial charge on any atom is 0.326 e. The number of nitrogens with one attached hydrogen (secondary N) is 3. The van der Waals surface area contributed by atoms with Crippen molar-refractivity contribution in [3.05, 3.63) is 18.2 Å². The van der Waals surface area contributed by atoms with Gasteiger partial charge in [0.15, 0.2) is 0 Å². The third-order valence-corrected chi connectivity index (χ3v) is 2.12. The Bertz CT molecular complexity index is 364. The minimum Gasteiger partial charge on any atom is -0.480 e. The third kappa shape index (κ3) is 4.54. The number of carbonyl (C=O) groups excluding carboxylic acids is 1. The lowest BCUT2D eigenvalue weighted by molar-refractivity contribution is -0.139. The van der Waals surface area contributed by atoms with Crippen molar-refractivity contribution in [3.63, 3.8) is 0 Å². The molecule has 4 N–H and O–H groups in total. The molecule has 7 nitrogen and oxygen atoms in total. The molecular weight excluding hydrogens is 224 g/mol. The van der Waals surface area contributed by atoms with Crippen LogP contribution in [0.3, 0.4) is 0 Å². The Hall–Kier alpha value is -2.05. The molecule has 1 atom stereocenters. The molecule has 0 bridgehead atoms. The Kier molecular flexibility index (Phi) is 4.99. The third-order valence-electron chi connectivity index (χ3n) is 2.12. The normalized spacial score (nSPS) is 11.8. The number of hydrogen-bond donors (Lipinski definition) is 4. The zero-order valence-corrected chi connectivity index (χ0v) is 9.56.